The molecule has 3 aliphatic rings. The number of rotatable bonds is 7. The third-order valence-corrected chi connectivity index (χ3v) is 9.11. The molecule has 2 aromatic rings. The number of carbonyl (C=O) groups is 4. The number of nitrogens with zero attached hydrogens (tertiary/aromatic N) is 3. The predicted octanol–water partition coefficient (Wildman–Crippen LogP) is 2.55. The first kappa shape index (κ1) is 28.1. The fourth-order valence-corrected chi connectivity index (χ4v) is 6.95. The predicted molar refractivity (Wildman–Crippen MR) is 150 cm³/mol. The molecule has 4 atom stereocenters. The molecule has 40 heavy (non-hydrogen) atoms. The number of amides is 4. The molecule has 214 valence electrons. The van der Waals surface area contributed by atoms with Crippen molar-refractivity contribution in [2.24, 2.45) is 11.8 Å². The Kier molecular flexibility index (Phi) is 8.68. The van der Waals surface area contributed by atoms with Crippen molar-refractivity contribution < 1.29 is 23.9 Å². The first-order valence-electron chi connectivity index (χ1n) is 14.1. The summed E-state index contributed by atoms with van der Waals surface area (Å²) in [5.74, 6) is -0.392. The third-order valence-electron chi connectivity index (χ3n) is 8.35. The van der Waals surface area contributed by atoms with Crippen molar-refractivity contribution in [3.05, 3.63) is 45.9 Å². The molecule has 5 rings (SSSR count). The van der Waals surface area contributed by atoms with Gasteiger partial charge in [-0.3, -0.25) is 24.2 Å². The van der Waals surface area contributed by atoms with Crippen molar-refractivity contribution in [1.82, 2.24) is 25.4 Å². The highest BCUT2D eigenvalue weighted by atomic mass is 32.1. The van der Waals surface area contributed by atoms with Crippen LogP contribution in [0.4, 0.5) is 0 Å². The zero-order chi connectivity index (χ0) is 28.2. The van der Waals surface area contributed by atoms with E-state index in [0.717, 1.165) is 24.0 Å². The van der Waals surface area contributed by atoms with Crippen LogP contribution in [0.5, 0.6) is 5.75 Å². The van der Waals surface area contributed by atoms with Crippen LogP contribution in [0.15, 0.2) is 29.9 Å². The van der Waals surface area contributed by atoms with Gasteiger partial charge in [-0.05, 0) is 30.9 Å². The van der Waals surface area contributed by atoms with E-state index in [1.165, 1.54) is 18.3 Å². The molecule has 1 saturated heterocycles. The van der Waals surface area contributed by atoms with Gasteiger partial charge in [0.25, 0.3) is 5.91 Å². The molecule has 1 aromatic carbocycles. The van der Waals surface area contributed by atoms with Crippen LogP contribution in [0.2, 0.25) is 0 Å². The highest BCUT2D eigenvalue weighted by Gasteiger charge is 2.42. The van der Waals surface area contributed by atoms with Crippen LogP contribution in [0.3, 0.4) is 0 Å². The summed E-state index contributed by atoms with van der Waals surface area (Å²) in [6.45, 7) is 3.30. The van der Waals surface area contributed by atoms with Crippen LogP contribution < -0.4 is 15.4 Å². The fourth-order valence-electron chi connectivity index (χ4n) is 6.36. The van der Waals surface area contributed by atoms with Crippen LogP contribution in [0.25, 0.3) is 0 Å². The van der Waals surface area contributed by atoms with Crippen molar-refractivity contribution >= 4 is 35.0 Å². The Balaban J connectivity index is 1.39. The Bertz CT molecular complexity index is 1250. The van der Waals surface area contributed by atoms with Gasteiger partial charge in [-0.25, -0.2) is 0 Å². The molecule has 1 saturated carbocycles. The zero-order valence-corrected chi connectivity index (χ0v) is 23.9. The Morgan fingerprint density at radius 2 is 1.90 bits per heavy atom. The van der Waals surface area contributed by atoms with Gasteiger partial charge in [0.05, 0.1) is 24.3 Å². The van der Waals surface area contributed by atoms with Crippen LogP contribution in [-0.4, -0.2) is 77.7 Å². The summed E-state index contributed by atoms with van der Waals surface area (Å²) in [6, 6.07) is 5.50. The molecule has 2 unspecified atom stereocenters. The lowest BCUT2D eigenvalue weighted by molar-refractivity contribution is -0.146. The molecule has 10 nitrogen and oxygen atoms in total. The molecule has 1 aliphatic carbocycles. The van der Waals surface area contributed by atoms with Crippen molar-refractivity contribution in [3.63, 3.8) is 0 Å². The van der Waals surface area contributed by atoms with Crippen LogP contribution >= 0.6 is 11.3 Å². The Morgan fingerprint density at radius 3 is 2.62 bits per heavy atom. The summed E-state index contributed by atoms with van der Waals surface area (Å²) < 4.78 is 6.54. The van der Waals surface area contributed by atoms with Gasteiger partial charge in [-0.2, -0.15) is 0 Å². The first-order valence-corrected chi connectivity index (χ1v) is 15.0. The highest BCUT2D eigenvalue weighted by molar-refractivity contribution is 7.11. The second kappa shape index (κ2) is 12.4. The lowest BCUT2D eigenvalue weighted by Crippen LogP contribution is -2.50. The lowest BCUT2D eigenvalue weighted by atomic mass is 9.77. The summed E-state index contributed by atoms with van der Waals surface area (Å²) in [5, 5.41) is 5.66. The van der Waals surface area contributed by atoms with Gasteiger partial charge in [0, 0.05) is 57.4 Å². The number of hydrogen-bond donors (Lipinski definition) is 2. The average Bonchev–Trinajstić information content (AvgIpc) is 3.68. The van der Waals surface area contributed by atoms with E-state index in [-0.39, 0.29) is 48.1 Å². The van der Waals surface area contributed by atoms with E-state index in [1.54, 1.807) is 23.7 Å². The topological polar surface area (TPSA) is 121 Å². The smallest absolute Gasteiger partial charge is 0.265 e. The van der Waals surface area contributed by atoms with E-state index in [9.17, 15) is 19.2 Å². The molecule has 0 spiro atoms. The largest absolute Gasteiger partial charge is 0.488 e. The van der Waals surface area contributed by atoms with Gasteiger partial charge in [0.15, 0.2) is 0 Å². The molecule has 2 aliphatic heterocycles. The maximum atomic E-state index is 14.1. The summed E-state index contributed by atoms with van der Waals surface area (Å²) in [6.07, 6.45) is 5.98. The quantitative estimate of drug-likeness (QED) is 0.531. The molecule has 1 aromatic heterocycles. The lowest BCUT2D eigenvalue weighted by Gasteiger charge is -2.42. The van der Waals surface area contributed by atoms with Crippen LogP contribution in [0.1, 0.15) is 65.9 Å². The van der Waals surface area contributed by atoms with Crippen molar-refractivity contribution in [1.29, 1.82) is 0 Å². The van der Waals surface area contributed by atoms with Crippen molar-refractivity contribution in [2.75, 3.05) is 33.2 Å². The number of benzene rings is 1. The molecular formula is C29H37N5O5S. The summed E-state index contributed by atoms with van der Waals surface area (Å²) >= 11 is 1.33. The number of hydrogen-bond acceptors (Lipinski definition) is 7. The number of ether oxygens (including phenoxy) is 1. The molecule has 4 amide bonds. The van der Waals surface area contributed by atoms with Crippen LogP contribution in [-0.2, 0) is 20.8 Å². The summed E-state index contributed by atoms with van der Waals surface area (Å²) in [7, 11) is 1.62. The molecule has 3 heterocycles. The number of thiazole rings is 1. The van der Waals surface area contributed by atoms with E-state index in [4.69, 9.17) is 4.74 Å². The SMILES string of the molecule is CNC(=O)[C@@H]1CCCCC1C(=O)N1CCc2cccc(OC3CCN(C(=O)c4cncs4)C3)c2[C@H]1CNC(C)=O. The maximum Gasteiger partial charge on any atom is 0.265 e. The molecule has 2 N–H and O–H groups in total. The van der Waals surface area contributed by atoms with Gasteiger partial charge in [-0.15, -0.1) is 11.3 Å². The summed E-state index contributed by atoms with van der Waals surface area (Å²) in [4.78, 5) is 59.8. The first-order chi connectivity index (χ1) is 19.4. The highest BCUT2D eigenvalue weighted by Crippen LogP contribution is 2.40. The van der Waals surface area contributed by atoms with Crippen molar-refractivity contribution in [3.8, 4) is 5.75 Å². The van der Waals surface area contributed by atoms with E-state index in [2.05, 4.69) is 15.6 Å². The monoisotopic (exact) mass is 567 g/mol. The van der Waals surface area contributed by atoms with Gasteiger partial charge in [-0.1, -0.05) is 25.0 Å². The molecule has 0 bridgehead atoms. The standard InChI is InChI=1S/C29H37N5O5S/c1-18(35)32-14-23-26-19(10-13-34(23)28(37)22-8-4-3-7-21(22)27(36)30-2)6-5-9-24(26)39-20-11-12-33(16-20)29(38)25-15-31-17-40-25/h5-6,9,15,17,20-23H,3-4,7-8,10-14,16H2,1-2H3,(H,30,36)(H,32,35)/t20?,21-,22?,23-/m1/s1. The van der Waals surface area contributed by atoms with Gasteiger partial charge in [0.2, 0.25) is 17.7 Å². The van der Waals surface area contributed by atoms with Crippen LogP contribution in [0, 0.1) is 11.8 Å². The van der Waals surface area contributed by atoms with E-state index >= 15 is 0 Å². The number of fused-ring (bicyclic) bond motifs is 1. The van der Waals surface area contributed by atoms with Gasteiger partial charge >= 0.3 is 0 Å². The van der Waals surface area contributed by atoms with E-state index < -0.39 is 6.04 Å². The van der Waals surface area contributed by atoms with E-state index in [0.29, 0.717) is 55.9 Å². The second-order valence-corrected chi connectivity index (χ2v) is 11.7. The Hall–Kier alpha value is -3.47. The number of likely N-dealkylation sites (tertiary alicyclic amines) is 1. The number of aromatic nitrogens is 1. The number of carbonyl (C=O) groups excluding carboxylic acids is 4. The Morgan fingerprint density at radius 1 is 1.10 bits per heavy atom. The van der Waals surface area contributed by atoms with Gasteiger partial charge < -0.3 is 25.2 Å². The minimum Gasteiger partial charge on any atom is -0.488 e. The zero-order valence-electron chi connectivity index (χ0n) is 23.1. The minimum atomic E-state index is -0.417. The molecule has 2 fully saturated rings. The van der Waals surface area contributed by atoms with Crippen molar-refractivity contribution in [2.45, 2.75) is 57.6 Å². The molecule has 11 heteroatoms. The summed E-state index contributed by atoms with van der Waals surface area (Å²) in [5.41, 5.74) is 3.63. The number of nitrogens with one attached hydrogen (secondary N) is 2. The third kappa shape index (κ3) is 5.84. The van der Waals surface area contributed by atoms with E-state index in [1.807, 2.05) is 23.1 Å². The average molecular weight is 568 g/mol. The maximum absolute atomic E-state index is 14.1. The normalized spacial score (nSPS) is 24.2. The molecule has 0 radical (unpaired) electrons. The second-order valence-electron chi connectivity index (χ2n) is 10.8. The Labute approximate surface area is 238 Å². The molecular weight excluding hydrogens is 530 g/mol. The van der Waals surface area contributed by atoms with Gasteiger partial charge in [0.1, 0.15) is 16.7 Å². The fraction of sp³-hybridized carbons (Fsp3) is 0.552. The minimum absolute atomic E-state index is 0.0358.